The number of carbonyl (C=O) groups is 1. The van der Waals surface area contributed by atoms with Crippen molar-refractivity contribution in [3.63, 3.8) is 0 Å². The first-order valence-corrected chi connectivity index (χ1v) is 7.31. The Morgan fingerprint density at radius 1 is 1.23 bits per heavy atom. The zero-order valence-electron chi connectivity index (χ0n) is 12.7. The summed E-state index contributed by atoms with van der Waals surface area (Å²) in [5.41, 5.74) is 1.50. The Kier molecular flexibility index (Phi) is 5.91. The molecule has 116 valence electrons. The number of rotatable bonds is 8. The molecule has 22 heavy (non-hydrogen) atoms. The van der Waals surface area contributed by atoms with E-state index in [0.29, 0.717) is 12.4 Å². The van der Waals surface area contributed by atoms with E-state index in [2.05, 4.69) is 34.4 Å². The smallest absolute Gasteiger partial charge is 0.339 e. The summed E-state index contributed by atoms with van der Waals surface area (Å²) in [6.07, 6.45) is 2.51. The molecular weight excluding hydrogens is 278 g/mol. The van der Waals surface area contributed by atoms with Crippen LogP contribution in [0.25, 0.3) is 0 Å². The van der Waals surface area contributed by atoms with E-state index in [1.807, 2.05) is 18.2 Å². The van der Waals surface area contributed by atoms with E-state index < -0.39 is 5.97 Å². The number of benzene rings is 1. The third kappa shape index (κ3) is 4.86. The van der Waals surface area contributed by atoms with Crippen molar-refractivity contribution in [2.45, 2.75) is 13.0 Å². The third-order valence-electron chi connectivity index (χ3n) is 3.34. The summed E-state index contributed by atoms with van der Waals surface area (Å²) in [6.45, 7) is 2.53. The molecule has 2 N–H and O–H groups in total. The number of aromatic nitrogens is 1. The summed E-state index contributed by atoms with van der Waals surface area (Å²) in [4.78, 5) is 17.4. The molecule has 5 nitrogen and oxygen atoms in total. The van der Waals surface area contributed by atoms with Crippen LogP contribution in [-0.4, -0.2) is 41.1 Å². The quantitative estimate of drug-likeness (QED) is 0.734. The molecule has 1 aromatic carbocycles. The highest BCUT2D eigenvalue weighted by Crippen LogP contribution is 2.11. The Bertz CT molecular complexity index is 602. The summed E-state index contributed by atoms with van der Waals surface area (Å²) in [7, 11) is 2.08. The lowest BCUT2D eigenvalue weighted by Gasteiger charge is -2.17. The van der Waals surface area contributed by atoms with E-state index >= 15 is 0 Å². The van der Waals surface area contributed by atoms with Crippen molar-refractivity contribution >= 4 is 11.8 Å². The van der Waals surface area contributed by atoms with Crippen LogP contribution in [-0.2, 0) is 6.54 Å². The van der Waals surface area contributed by atoms with E-state index in [1.165, 1.54) is 5.56 Å². The van der Waals surface area contributed by atoms with E-state index in [1.54, 1.807) is 18.3 Å². The lowest BCUT2D eigenvalue weighted by atomic mass is 10.2. The van der Waals surface area contributed by atoms with Crippen LogP contribution in [0.5, 0.6) is 0 Å². The lowest BCUT2D eigenvalue weighted by molar-refractivity contribution is 0.0697. The number of aromatic carboxylic acids is 1. The SMILES string of the molecule is CN(CCCNc1ncccc1C(=O)O)Cc1ccccc1. The van der Waals surface area contributed by atoms with Gasteiger partial charge in [0.2, 0.25) is 0 Å². The second kappa shape index (κ2) is 8.14. The molecule has 0 amide bonds. The second-order valence-corrected chi connectivity index (χ2v) is 5.21. The fourth-order valence-corrected chi connectivity index (χ4v) is 2.25. The summed E-state index contributed by atoms with van der Waals surface area (Å²) in [6, 6.07) is 13.5. The summed E-state index contributed by atoms with van der Waals surface area (Å²) in [5, 5.41) is 12.2. The van der Waals surface area contributed by atoms with Gasteiger partial charge in [-0.1, -0.05) is 30.3 Å². The maximum absolute atomic E-state index is 11.1. The minimum atomic E-state index is -0.961. The third-order valence-corrected chi connectivity index (χ3v) is 3.34. The van der Waals surface area contributed by atoms with Gasteiger partial charge in [0.1, 0.15) is 11.4 Å². The molecule has 2 aromatic rings. The first kappa shape index (κ1) is 16.0. The number of pyridine rings is 1. The van der Waals surface area contributed by atoms with Crippen molar-refractivity contribution in [2.24, 2.45) is 0 Å². The monoisotopic (exact) mass is 299 g/mol. The van der Waals surface area contributed by atoms with Gasteiger partial charge < -0.3 is 15.3 Å². The van der Waals surface area contributed by atoms with Crippen LogP contribution >= 0.6 is 0 Å². The Balaban J connectivity index is 1.74. The van der Waals surface area contributed by atoms with Crippen LogP contribution < -0.4 is 5.32 Å². The van der Waals surface area contributed by atoms with Gasteiger partial charge >= 0.3 is 5.97 Å². The highest BCUT2D eigenvalue weighted by Gasteiger charge is 2.09. The molecule has 0 fully saturated rings. The number of carboxylic acid groups (broad SMARTS) is 1. The topological polar surface area (TPSA) is 65.5 Å². The first-order chi connectivity index (χ1) is 10.7. The Morgan fingerprint density at radius 2 is 2.00 bits per heavy atom. The minimum Gasteiger partial charge on any atom is -0.478 e. The molecule has 0 spiro atoms. The fraction of sp³-hybridized carbons (Fsp3) is 0.294. The summed E-state index contributed by atoms with van der Waals surface area (Å²) < 4.78 is 0. The van der Waals surface area contributed by atoms with Gasteiger partial charge in [-0.25, -0.2) is 9.78 Å². The van der Waals surface area contributed by atoms with Crippen LogP contribution in [0.15, 0.2) is 48.7 Å². The summed E-state index contributed by atoms with van der Waals surface area (Å²) in [5.74, 6) is -0.530. The Labute approximate surface area is 130 Å². The highest BCUT2D eigenvalue weighted by atomic mass is 16.4. The fourth-order valence-electron chi connectivity index (χ4n) is 2.25. The van der Waals surface area contributed by atoms with Crippen molar-refractivity contribution in [2.75, 3.05) is 25.5 Å². The average Bonchev–Trinajstić information content (AvgIpc) is 2.53. The number of nitrogens with one attached hydrogen (secondary N) is 1. The molecule has 0 atom stereocenters. The van der Waals surface area contributed by atoms with Gasteiger partial charge in [0.25, 0.3) is 0 Å². The molecule has 2 rings (SSSR count). The minimum absolute atomic E-state index is 0.208. The van der Waals surface area contributed by atoms with Gasteiger partial charge in [0.05, 0.1) is 0 Å². The summed E-state index contributed by atoms with van der Waals surface area (Å²) >= 11 is 0. The molecule has 1 heterocycles. The maximum atomic E-state index is 11.1. The lowest BCUT2D eigenvalue weighted by Crippen LogP contribution is -2.21. The molecule has 0 saturated heterocycles. The van der Waals surface area contributed by atoms with Crippen molar-refractivity contribution in [3.8, 4) is 0 Å². The maximum Gasteiger partial charge on any atom is 0.339 e. The molecular formula is C17H21N3O2. The zero-order valence-corrected chi connectivity index (χ0v) is 12.7. The van der Waals surface area contributed by atoms with Crippen LogP contribution in [0, 0.1) is 0 Å². The predicted octanol–water partition coefficient (Wildman–Crippen LogP) is 2.71. The molecule has 0 aliphatic carbocycles. The Morgan fingerprint density at radius 3 is 2.73 bits per heavy atom. The highest BCUT2D eigenvalue weighted by molar-refractivity contribution is 5.92. The van der Waals surface area contributed by atoms with Crippen LogP contribution in [0.4, 0.5) is 5.82 Å². The van der Waals surface area contributed by atoms with Crippen LogP contribution in [0.2, 0.25) is 0 Å². The van der Waals surface area contributed by atoms with Gasteiger partial charge in [-0.05, 0) is 37.7 Å². The van der Waals surface area contributed by atoms with Crippen LogP contribution in [0.3, 0.4) is 0 Å². The zero-order chi connectivity index (χ0) is 15.8. The van der Waals surface area contributed by atoms with Gasteiger partial charge in [-0.15, -0.1) is 0 Å². The number of hydrogen-bond acceptors (Lipinski definition) is 4. The molecule has 5 heteroatoms. The molecule has 0 aliphatic heterocycles. The predicted molar refractivity (Wildman–Crippen MR) is 87.1 cm³/mol. The Hall–Kier alpha value is -2.40. The van der Waals surface area contributed by atoms with E-state index in [-0.39, 0.29) is 5.56 Å². The van der Waals surface area contributed by atoms with Gasteiger partial charge in [-0.2, -0.15) is 0 Å². The molecule has 0 aliphatic rings. The van der Waals surface area contributed by atoms with Gasteiger partial charge in [0.15, 0.2) is 0 Å². The largest absolute Gasteiger partial charge is 0.478 e. The standard InChI is InChI=1S/C17H21N3O2/c1-20(13-14-7-3-2-4-8-14)12-6-11-19-16-15(17(21)22)9-5-10-18-16/h2-5,7-10H,6,11-13H2,1H3,(H,18,19)(H,21,22). The van der Waals surface area contributed by atoms with Crippen molar-refractivity contribution < 1.29 is 9.90 Å². The molecule has 0 saturated carbocycles. The molecule has 0 bridgehead atoms. The van der Waals surface area contributed by atoms with Crippen molar-refractivity contribution in [1.82, 2.24) is 9.88 Å². The molecule has 0 unspecified atom stereocenters. The van der Waals surface area contributed by atoms with Crippen LogP contribution in [0.1, 0.15) is 22.3 Å². The van der Waals surface area contributed by atoms with Gasteiger partial charge in [0, 0.05) is 19.3 Å². The number of anilines is 1. The normalized spacial score (nSPS) is 10.6. The van der Waals surface area contributed by atoms with Crippen molar-refractivity contribution in [3.05, 3.63) is 59.8 Å². The number of nitrogens with zero attached hydrogens (tertiary/aromatic N) is 2. The molecule has 1 aromatic heterocycles. The van der Waals surface area contributed by atoms with Gasteiger partial charge in [-0.3, -0.25) is 0 Å². The van der Waals surface area contributed by atoms with E-state index in [4.69, 9.17) is 5.11 Å². The number of hydrogen-bond donors (Lipinski definition) is 2. The average molecular weight is 299 g/mol. The van der Waals surface area contributed by atoms with Crippen molar-refractivity contribution in [1.29, 1.82) is 0 Å². The second-order valence-electron chi connectivity index (χ2n) is 5.21. The first-order valence-electron chi connectivity index (χ1n) is 7.31. The number of carboxylic acids is 1. The van der Waals surface area contributed by atoms with E-state index in [9.17, 15) is 4.79 Å². The van der Waals surface area contributed by atoms with E-state index in [0.717, 1.165) is 19.5 Å². The molecule has 0 radical (unpaired) electrons.